The van der Waals surface area contributed by atoms with Crippen molar-refractivity contribution in [3.8, 4) is 11.5 Å². The van der Waals surface area contributed by atoms with Crippen LogP contribution >= 0.6 is 23.6 Å². The van der Waals surface area contributed by atoms with E-state index in [0.29, 0.717) is 27.9 Å². The Morgan fingerprint density at radius 3 is 2.40 bits per heavy atom. The Morgan fingerprint density at radius 2 is 1.83 bits per heavy atom. The summed E-state index contributed by atoms with van der Waals surface area (Å²) >= 11 is 7.33. The van der Waals surface area contributed by atoms with Gasteiger partial charge in [-0.3, -0.25) is 4.90 Å². The molecular formula is C22H26N2O4S2. The van der Waals surface area contributed by atoms with Gasteiger partial charge in [-0.15, -0.1) is 11.3 Å². The van der Waals surface area contributed by atoms with Crippen LogP contribution in [0.3, 0.4) is 0 Å². The highest BCUT2D eigenvalue weighted by Gasteiger charge is 2.36. The number of thiophene rings is 1. The number of allylic oxidation sites excluding steroid dienone is 1. The average molecular weight is 447 g/mol. The fourth-order valence-electron chi connectivity index (χ4n) is 3.38. The molecule has 6 nitrogen and oxygen atoms in total. The van der Waals surface area contributed by atoms with Gasteiger partial charge in [-0.2, -0.15) is 0 Å². The second-order valence-corrected chi connectivity index (χ2v) is 8.86. The van der Waals surface area contributed by atoms with Gasteiger partial charge in [0.15, 0.2) is 16.6 Å². The largest absolute Gasteiger partial charge is 0.493 e. The van der Waals surface area contributed by atoms with Crippen molar-refractivity contribution < 1.29 is 19.0 Å². The predicted octanol–water partition coefficient (Wildman–Crippen LogP) is 4.74. The molecule has 0 fully saturated rings. The molecule has 1 aromatic carbocycles. The fourth-order valence-corrected chi connectivity index (χ4v) is 4.68. The molecule has 160 valence electrons. The zero-order chi connectivity index (χ0) is 22.0. The van der Waals surface area contributed by atoms with Crippen molar-refractivity contribution in [3.63, 3.8) is 0 Å². The normalized spacial score (nSPS) is 16.6. The molecule has 0 radical (unpaired) electrons. The smallest absolute Gasteiger partial charge is 0.338 e. The lowest BCUT2D eigenvalue weighted by atomic mass is 10.00. The van der Waals surface area contributed by atoms with E-state index in [1.807, 2.05) is 62.9 Å². The number of hydrogen-bond acceptors (Lipinski definition) is 6. The third-order valence-corrected chi connectivity index (χ3v) is 6.08. The maximum atomic E-state index is 13.1. The summed E-state index contributed by atoms with van der Waals surface area (Å²) in [5.74, 6) is 0.831. The van der Waals surface area contributed by atoms with Crippen LogP contribution in [0.5, 0.6) is 11.5 Å². The van der Waals surface area contributed by atoms with E-state index in [-0.39, 0.29) is 18.1 Å². The number of carbonyl (C=O) groups excluding carboxylic acids is 1. The molecule has 1 aromatic heterocycles. The van der Waals surface area contributed by atoms with Crippen molar-refractivity contribution in [1.82, 2.24) is 5.32 Å². The fraction of sp³-hybridized carbons (Fsp3) is 0.364. The number of methoxy groups -OCH3 is 2. The lowest BCUT2D eigenvalue weighted by Crippen LogP contribution is -2.48. The molecule has 1 aliphatic heterocycles. The molecule has 30 heavy (non-hydrogen) atoms. The Balaban J connectivity index is 2.13. The zero-order valence-electron chi connectivity index (χ0n) is 17.9. The van der Waals surface area contributed by atoms with Crippen molar-refractivity contribution >= 4 is 40.3 Å². The first-order chi connectivity index (χ1) is 14.3. The number of hydrogen-bond donors (Lipinski definition) is 1. The van der Waals surface area contributed by atoms with Crippen LogP contribution in [0.1, 0.15) is 36.6 Å². The summed E-state index contributed by atoms with van der Waals surface area (Å²) in [6, 6.07) is 9.20. The van der Waals surface area contributed by atoms with E-state index in [0.717, 1.165) is 15.4 Å². The first kappa shape index (κ1) is 22.1. The summed E-state index contributed by atoms with van der Waals surface area (Å²) in [4.78, 5) is 17.1. The van der Waals surface area contributed by atoms with Crippen LogP contribution in [0.4, 0.5) is 5.69 Å². The number of carbonyl (C=O) groups is 1. The molecule has 0 saturated heterocycles. The first-order valence-corrected chi connectivity index (χ1v) is 10.8. The van der Waals surface area contributed by atoms with Gasteiger partial charge in [-0.25, -0.2) is 4.79 Å². The van der Waals surface area contributed by atoms with Crippen LogP contribution in [0.15, 0.2) is 41.6 Å². The Hall–Kier alpha value is -2.58. The molecule has 0 amide bonds. The summed E-state index contributed by atoms with van der Waals surface area (Å²) < 4.78 is 16.3. The lowest BCUT2D eigenvalue weighted by molar-refractivity contribution is -0.143. The molecule has 1 aliphatic rings. The Labute approximate surface area is 186 Å². The van der Waals surface area contributed by atoms with Gasteiger partial charge >= 0.3 is 5.97 Å². The number of aryl methyl sites for hydroxylation is 1. The summed E-state index contributed by atoms with van der Waals surface area (Å²) in [6.07, 6.45) is -0.230. The number of anilines is 1. The summed E-state index contributed by atoms with van der Waals surface area (Å²) in [7, 11) is 3.17. The third-order valence-electron chi connectivity index (χ3n) is 4.72. The highest BCUT2D eigenvalue weighted by atomic mass is 32.1. The van der Waals surface area contributed by atoms with E-state index in [1.165, 1.54) is 0 Å². The average Bonchev–Trinajstić information content (AvgIpc) is 3.12. The number of esters is 1. The van der Waals surface area contributed by atoms with Crippen molar-refractivity contribution in [1.29, 1.82) is 0 Å². The molecule has 0 aliphatic carbocycles. The standard InChI is InChI=1S/C22H26N2O4S2/c1-12(2)28-21(25)19-14(4)24(15-8-9-16(26-5)17(11-15)27-6)22(29)23-20(19)18-10-7-13(3)30-18/h7-12,20H,1-6H3,(H,23,29)/t20-/m1/s1. The Morgan fingerprint density at radius 1 is 1.13 bits per heavy atom. The van der Waals surface area contributed by atoms with Crippen LogP contribution in [0, 0.1) is 6.92 Å². The topological polar surface area (TPSA) is 60.0 Å². The lowest BCUT2D eigenvalue weighted by Gasteiger charge is -2.37. The van der Waals surface area contributed by atoms with Gasteiger partial charge in [0.25, 0.3) is 0 Å². The van der Waals surface area contributed by atoms with Gasteiger partial charge in [0.1, 0.15) is 0 Å². The maximum absolute atomic E-state index is 13.1. The first-order valence-electron chi connectivity index (χ1n) is 9.57. The third kappa shape index (κ3) is 4.29. The summed E-state index contributed by atoms with van der Waals surface area (Å²) in [6.45, 7) is 7.60. The highest BCUT2D eigenvalue weighted by molar-refractivity contribution is 7.80. The van der Waals surface area contributed by atoms with Crippen molar-refractivity contribution in [2.45, 2.75) is 39.8 Å². The molecular weight excluding hydrogens is 420 g/mol. The van der Waals surface area contributed by atoms with Crippen LogP contribution in [0.2, 0.25) is 0 Å². The van der Waals surface area contributed by atoms with Gasteiger partial charge in [-0.05, 0) is 64.2 Å². The SMILES string of the molecule is COc1ccc(N2C(=S)N[C@H](c3ccc(C)s3)C(C(=O)OC(C)C)=C2C)cc1OC. The molecule has 8 heteroatoms. The maximum Gasteiger partial charge on any atom is 0.338 e. The Kier molecular flexibility index (Phi) is 6.67. The highest BCUT2D eigenvalue weighted by Crippen LogP contribution is 2.39. The summed E-state index contributed by atoms with van der Waals surface area (Å²) in [5, 5.41) is 3.83. The molecule has 2 aromatic rings. The number of benzene rings is 1. The van der Waals surface area contributed by atoms with Gasteiger partial charge in [0.05, 0.1) is 37.6 Å². The predicted molar refractivity (Wildman–Crippen MR) is 123 cm³/mol. The quantitative estimate of drug-likeness (QED) is 0.508. The number of nitrogens with one attached hydrogen (secondary N) is 1. The van der Waals surface area contributed by atoms with E-state index in [1.54, 1.807) is 25.6 Å². The van der Waals surface area contributed by atoms with Crippen LogP contribution in [-0.4, -0.2) is 31.4 Å². The minimum absolute atomic E-state index is 0.230. The number of nitrogens with zero attached hydrogens (tertiary/aromatic N) is 1. The van der Waals surface area contributed by atoms with E-state index >= 15 is 0 Å². The molecule has 3 rings (SSSR count). The van der Waals surface area contributed by atoms with Crippen molar-refractivity contribution in [3.05, 3.63) is 51.4 Å². The Bertz CT molecular complexity index is 997. The zero-order valence-corrected chi connectivity index (χ0v) is 19.6. The molecule has 0 spiro atoms. The van der Waals surface area contributed by atoms with Crippen molar-refractivity contribution in [2.75, 3.05) is 19.1 Å². The number of thiocarbonyl (C=S) groups is 1. The minimum Gasteiger partial charge on any atom is -0.493 e. The van der Waals surface area contributed by atoms with Crippen LogP contribution in [0.25, 0.3) is 0 Å². The number of ether oxygens (including phenoxy) is 3. The molecule has 0 saturated carbocycles. The molecule has 0 bridgehead atoms. The van der Waals surface area contributed by atoms with Crippen molar-refractivity contribution in [2.24, 2.45) is 0 Å². The second-order valence-electron chi connectivity index (χ2n) is 7.16. The van der Waals surface area contributed by atoms with Crippen LogP contribution in [-0.2, 0) is 9.53 Å². The van der Waals surface area contributed by atoms with E-state index in [9.17, 15) is 4.79 Å². The molecule has 0 unspecified atom stereocenters. The monoisotopic (exact) mass is 446 g/mol. The van der Waals surface area contributed by atoms with Gasteiger partial charge < -0.3 is 19.5 Å². The molecule has 1 N–H and O–H groups in total. The van der Waals surface area contributed by atoms with E-state index in [2.05, 4.69) is 5.32 Å². The second kappa shape index (κ2) is 9.06. The minimum atomic E-state index is -0.362. The molecule has 2 heterocycles. The van der Waals surface area contributed by atoms with E-state index in [4.69, 9.17) is 26.4 Å². The van der Waals surface area contributed by atoms with Crippen LogP contribution < -0.4 is 19.7 Å². The van der Waals surface area contributed by atoms with Gasteiger partial charge in [-0.1, -0.05) is 0 Å². The summed E-state index contributed by atoms with van der Waals surface area (Å²) in [5.41, 5.74) is 2.01. The van der Waals surface area contributed by atoms with Gasteiger partial charge in [0, 0.05) is 21.5 Å². The van der Waals surface area contributed by atoms with E-state index < -0.39 is 0 Å². The molecule has 1 atom stereocenters. The number of rotatable bonds is 6. The van der Waals surface area contributed by atoms with Gasteiger partial charge in [0.2, 0.25) is 0 Å².